The highest BCUT2D eigenvalue weighted by Crippen LogP contribution is 2.24. The van der Waals surface area contributed by atoms with Crippen LogP contribution in [0.3, 0.4) is 0 Å². The van der Waals surface area contributed by atoms with Crippen LogP contribution in [0.25, 0.3) is 0 Å². The Bertz CT molecular complexity index is 465. The minimum Gasteiger partial charge on any atom is -0.322 e. The lowest BCUT2D eigenvalue weighted by atomic mass is 10.1. The number of unbranched alkanes of at least 4 members (excludes halogenated alkanes) is 2. The Morgan fingerprint density at radius 2 is 2.11 bits per heavy atom. The van der Waals surface area contributed by atoms with Gasteiger partial charge >= 0.3 is 0 Å². The monoisotopic (exact) mass is 268 g/mol. The zero-order valence-corrected chi connectivity index (χ0v) is 11.0. The van der Waals surface area contributed by atoms with E-state index in [-0.39, 0.29) is 18.6 Å². The Hall–Kier alpha value is -1.49. The van der Waals surface area contributed by atoms with Crippen molar-refractivity contribution in [2.45, 2.75) is 32.4 Å². The van der Waals surface area contributed by atoms with Crippen molar-refractivity contribution in [3.05, 3.63) is 35.4 Å². The highest BCUT2D eigenvalue weighted by molar-refractivity contribution is 5.80. The van der Waals surface area contributed by atoms with Gasteiger partial charge in [-0.15, -0.1) is 0 Å². The highest BCUT2D eigenvalue weighted by atomic mass is 19.2. The van der Waals surface area contributed by atoms with Gasteiger partial charge in [0, 0.05) is 6.54 Å². The molecule has 19 heavy (non-hydrogen) atoms. The first-order valence-electron chi connectivity index (χ1n) is 6.61. The van der Waals surface area contributed by atoms with Gasteiger partial charge in [-0.3, -0.25) is 10.1 Å². The number of rotatable bonds is 5. The van der Waals surface area contributed by atoms with Crippen molar-refractivity contribution in [1.82, 2.24) is 10.2 Å². The van der Waals surface area contributed by atoms with Crippen LogP contribution in [0.5, 0.6) is 0 Å². The van der Waals surface area contributed by atoms with E-state index in [1.807, 2.05) is 0 Å². The summed E-state index contributed by atoms with van der Waals surface area (Å²) in [6, 6.07) is 3.76. The molecule has 1 aromatic carbocycles. The van der Waals surface area contributed by atoms with E-state index in [1.165, 1.54) is 6.07 Å². The molecule has 0 aliphatic carbocycles. The molecule has 0 saturated carbocycles. The Balaban J connectivity index is 2.12. The minimum atomic E-state index is -0.882. The molecule has 0 radical (unpaired) electrons. The lowest BCUT2D eigenvalue weighted by Crippen LogP contribution is -2.31. The maximum Gasteiger partial charge on any atom is 0.238 e. The number of hydrogen-bond acceptors (Lipinski definition) is 2. The SMILES string of the molecule is CCCCCN1C(=O)CNC1c1ccc(F)c(F)c1. The van der Waals surface area contributed by atoms with Crippen molar-refractivity contribution in [3.8, 4) is 0 Å². The number of carbonyl (C=O) groups excluding carboxylic acids is 1. The Morgan fingerprint density at radius 1 is 1.32 bits per heavy atom. The third-order valence-corrected chi connectivity index (χ3v) is 3.34. The molecule has 1 aliphatic rings. The summed E-state index contributed by atoms with van der Waals surface area (Å²) in [5.74, 6) is -1.75. The average molecular weight is 268 g/mol. The van der Waals surface area contributed by atoms with Gasteiger partial charge in [0.05, 0.1) is 6.54 Å². The molecule has 0 spiro atoms. The Labute approximate surface area is 111 Å². The maximum atomic E-state index is 13.3. The number of amides is 1. The zero-order valence-electron chi connectivity index (χ0n) is 11.0. The van der Waals surface area contributed by atoms with Crippen molar-refractivity contribution in [1.29, 1.82) is 0 Å². The van der Waals surface area contributed by atoms with Gasteiger partial charge in [-0.2, -0.15) is 0 Å². The summed E-state index contributed by atoms with van der Waals surface area (Å²) in [7, 11) is 0. The van der Waals surface area contributed by atoms with Gasteiger partial charge in [0.2, 0.25) is 5.91 Å². The van der Waals surface area contributed by atoms with Crippen LogP contribution in [-0.4, -0.2) is 23.9 Å². The summed E-state index contributed by atoms with van der Waals surface area (Å²) in [6.07, 6.45) is 2.70. The molecule has 1 N–H and O–H groups in total. The summed E-state index contributed by atoms with van der Waals surface area (Å²) in [4.78, 5) is 13.5. The molecule has 1 fully saturated rings. The fourth-order valence-corrected chi connectivity index (χ4v) is 2.31. The van der Waals surface area contributed by atoms with Crippen molar-refractivity contribution in [2.75, 3.05) is 13.1 Å². The van der Waals surface area contributed by atoms with E-state index in [2.05, 4.69) is 12.2 Å². The largest absolute Gasteiger partial charge is 0.322 e. The molecular formula is C14H18F2N2O. The average Bonchev–Trinajstić information content (AvgIpc) is 2.75. The molecule has 5 heteroatoms. The summed E-state index contributed by atoms with van der Waals surface area (Å²) in [5.41, 5.74) is 0.584. The van der Waals surface area contributed by atoms with Gasteiger partial charge in [-0.05, 0) is 24.1 Å². The lowest BCUT2D eigenvalue weighted by Gasteiger charge is -2.24. The standard InChI is InChI=1S/C14H18F2N2O/c1-2-3-4-7-18-13(19)9-17-14(18)10-5-6-11(15)12(16)8-10/h5-6,8,14,17H,2-4,7,9H2,1H3. The minimum absolute atomic E-state index is 0.00540. The number of nitrogens with one attached hydrogen (secondary N) is 1. The van der Waals surface area contributed by atoms with Gasteiger partial charge in [0.1, 0.15) is 6.17 Å². The third kappa shape index (κ3) is 3.10. The topological polar surface area (TPSA) is 32.3 Å². The first-order valence-corrected chi connectivity index (χ1v) is 6.61. The molecule has 1 heterocycles. The first kappa shape index (κ1) is 13.9. The highest BCUT2D eigenvalue weighted by Gasteiger charge is 2.31. The second-order valence-electron chi connectivity index (χ2n) is 4.75. The smallest absolute Gasteiger partial charge is 0.238 e. The van der Waals surface area contributed by atoms with Gasteiger partial charge in [-0.1, -0.05) is 25.8 Å². The van der Waals surface area contributed by atoms with Gasteiger partial charge < -0.3 is 4.90 Å². The van der Waals surface area contributed by atoms with Crippen LogP contribution in [0.2, 0.25) is 0 Å². The predicted octanol–water partition coefficient (Wildman–Crippen LogP) is 2.59. The van der Waals surface area contributed by atoms with Crippen molar-refractivity contribution >= 4 is 5.91 Å². The number of nitrogens with zero attached hydrogens (tertiary/aromatic N) is 1. The predicted molar refractivity (Wildman–Crippen MR) is 68.3 cm³/mol. The summed E-state index contributed by atoms with van der Waals surface area (Å²) in [6.45, 7) is 2.98. The number of carbonyl (C=O) groups is 1. The van der Waals surface area contributed by atoms with E-state index in [0.29, 0.717) is 12.1 Å². The summed E-state index contributed by atoms with van der Waals surface area (Å²) in [5, 5.41) is 3.03. The van der Waals surface area contributed by atoms with Crippen molar-refractivity contribution in [2.24, 2.45) is 0 Å². The lowest BCUT2D eigenvalue weighted by molar-refractivity contribution is -0.128. The molecule has 0 aromatic heterocycles. The van der Waals surface area contributed by atoms with Crippen molar-refractivity contribution < 1.29 is 13.6 Å². The molecule has 104 valence electrons. The van der Waals surface area contributed by atoms with E-state index >= 15 is 0 Å². The second kappa shape index (κ2) is 6.10. The van der Waals surface area contributed by atoms with Crippen LogP contribution in [0.4, 0.5) is 8.78 Å². The molecule has 2 rings (SSSR count). The van der Waals surface area contributed by atoms with Crippen molar-refractivity contribution in [3.63, 3.8) is 0 Å². The number of hydrogen-bond donors (Lipinski definition) is 1. The van der Waals surface area contributed by atoms with E-state index in [0.717, 1.165) is 31.4 Å². The van der Waals surface area contributed by atoms with Gasteiger partial charge in [0.15, 0.2) is 11.6 Å². The Morgan fingerprint density at radius 3 is 2.79 bits per heavy atom. The molecule has 1 amide bonds. The van der Waals surface area contributed by atoms with Crippen LogP contribution >= 0.6 is 0 Å². The second-order valence-corrected chi connectivity index (χ2v) is 4.75. The van der Waals surface area contributed by atoms with Crippen LogP contribution in [0.15, 0.2) is 18.2 Å². The first-order chi connectivity index (χ1) is 9.13. The number of halogens is 2. The van der Waals surface area contributed by atoms with Gasteiger partial charge in [0.25, 0.3) is 0 Å². The van der Waals surface area contributed by atoms with E-state index in [4.69, 9.17) is 0 Å². The van der Waals surface area contributed by atoms with E-state index in [9.17, 15) is 13.6 Å². The fraction of sp³-hybridized carbons (Fsp3) is 0.500. The third-order valence-electron chi connectivity index (χ3n) is 3.34. The molecule has 1 aromatic rings. The molecule has 3 nitrogen and oxygen atoms in total. The number of benzene rings is 1. The quantitative estimate of drug-likeness (QED) is 0.832. The molecule has 1 aliphatic heterocycles. The molecule has 1 saturated heterocycles. The normalized spacial score (nSPS) is 19.2. The van der Waals surface area contributed by atoms with Crippen LogP contribution in [-0.2, 0) is 4.79 Å². The summed E-state index contributed by atoms with van der Waals surface area (Å²) >= 11 is 0. The molecular weight excluding hydrogens is 250 g/mol. The van der Waals surface area contributed by atoms with E-state index < -0.39 is 11.6 Å². The molecule has 1 unspecified atom stereocenters. The van der Waals surface area contributed by atoms with Crippen LogP contribution in [0.1, 0.15) is 37.9 Å². The van der Waals surface area contributed by atoms with Crippen LogP contribution < -0.4 is 5.32 Å². The zero-order chi connectivity index (χ0) is 13.8. The van der Waals surface area contributed by atoms with Gasteiger partial charge in [-0.25, -0.2) is 8.78 Å². The van der Waals surface area contributed by atoms with Crippen LogP contribution in [0, 0.1) is 11.6 Å². The fourth-order valence-electron chi connectivity index (χ4n) is 2.31. The molecule has 0 bridgehead atoms. The maximum absolute atomic E-state index is 13.3. The summed E-state index contributed by atoms with van der Waals surface area (Å²) < 4.78 is 26.2. The van der Waals surface area contributed by atoms with E-state index in [1.54, 1.807) is 4.90 Å². The molecule has 1 atom stereocenters. The Kier molecular flexibility index (Phi) is 4.47.